The lowest BCUT2D eigenvalue weighted by Gasteiger charge is -2.23. The second kappa shape index (κ2) is 15.2. The van der Waals surface area contributed by atoms with Gasteiger partial charge in [-0.05, 0) is 51.4 Å². The highest BCUT2D eigenvalue weighted by Gasteiger charge is 2.25. The quantitative estimate of drug-likeness (QED) is 0.121. The first-order valence-corrected chi connectivity index (χ1v) is 19.2. The van der Waals surface area contributed by atoms with Crippen molar-refractivity contribution in [1.82, 2.24) is 14.9 Å². The number of aromatic nitrogens is 2. The summed E-state index contributed by atoms with van der Waals surface area (Å²) in [7, 11) is -3.93. The molecule has 1 aromatic carbocycles. The van der Waals surface area contributed by atoms with Crippen LogP contribution >= 0.6 is 0 Å². The molecule has 0 aliphatic carbocycles. The number of alkyl carbamates (subject to hydrolysis) is 1. The molecule has 1 aromatic heterocycles. The molecule has 43 heavy (non-hydrogen) atoms. The number of hydrogen-bond donors (Lipinski definition) is 3. The summed E-state index contributed by atoms with van der Waals surface area (Å²) in [6.07, 6.45) is 3.66. The summed E-state index contributed by atoms with van der Waals surface area (Å²) in [5.74, 6) is 0.137. The third-order valence-electron chi connectivity index (χ3n) is 5.77. The maximum Gasteiger partial charge on any atom is 0.411 e. The fourth-order valence-corrected chi connectivity index (χ4v) is 5.45. The number of amides is 2. The van der Waals surface area contributed by atoms with Crippen LogP contribution in [-0.2, 0) is 31.0 Å². The van der Waals surface area contributed by atoms with Gasteiger partial charge in [-0.15, -0.1) is 13.2 Å². The SMILES string of the molecule is C=CC[C@H](NC(=O)OC(C)(C)C)c1nc(-c2ccc(NC(=O)OC)cc2NS(=O)(=O)CC=C)cn1COCC[Si](C)(C)C. The number of benzene rings is 1. The van der Waals surface area contributed by atoms with Crippen molar-refractivity contribution in [2.45, 2.75) is 71.3 Å². The molecule has 0 spiro atoms. The van der Waals surface area contributed by atoms with Crippen molar-refractivity contribution in [2.24, 2.45) is 0 Å². The summed E-state index contributed by atoms with van der Waals surface area (Å²) in [4.78, 5) is 29.4. The lowest BCUT2D eigenvalue weighted by atomic mass is 10.1. The van der Waals surface area contributed by atoms with E-state index < -0.39 is 41.9 Å². The molecular weight excluding hydrogens is 591 g/mol. The molecule has 12 nitrogen and oxygen atoms in total. The Hall–Kier alpha value is -3.62. The Morgan fingerprint density at radius 3 is 2.42 bits per heavy atom. The number of ether oxygens (including phenoxy) is 3. The zero-order valence-corrected chi connectivity index (χ0v) is 28.0. The molecule has 2 aromatic rings. The van der Waals surface area contributed by atoms with Crippen molar-refractivity contribution in [2.75, 3.05) is 29.5 Å². The van der Waals surface area contributed by atoms with Gasteiger partial charge in [0.05, 0.1) is 30.3 Å². The van der Waals surface area contributed by atoms with Gasteiger partial charge >= 0.3 is 12.2 Å². The van der Waals surface area contributed by atoms with Crippen molar-refractivity contribution >= 4 is 41.7 Å². The lowest BCUT2D eigenvalue weighted by molar-refractivity contribution is 0.0492. The Balaban J connectivity index is 2.62. The van der Waals surface area contributed by atoms with Crippen LogP contribution in [0.5, 0.6) is 0 Å². The normalized spacial score (nSPS) is 12.6. The van der Waals surface area contributed by atoms with E-state index in [1.54, 1.807) is 49.7 Å². The minimum atomic E-state index is -3.81. The zero-order chi connectivity index (χ0) is 32.4. The summed E-state index contributed by atoms with van der Waals surface area (Å²) in [6, 6.07) is 5.03. The van der Waals surface area contributed by atoms with Gasteiger partial charge < -0.3 is 24.1 Å². The third kappa shape index (κ3) is 12.3. The fraction of sp³-hybridized carbons (Fsp3) is 0.483. The molecule has 0 saturated heterocycles. The van der Waals surface area contributed by atoms with E-state index in [0.717, 1.165) is 6.04 Å². The average molecular weight is 636 g/mol. The van der Waals surface area contributed by atoms with Gasteiger partial charge in [-0.1, -0.05) is 31.8 Å². The maximum atomic E-state index is 12.7. The molecule has 0 aliphatic rings. The monoisotopic (exact) mass is 635 g/mol. The van der Waals surface area contributed by atoms with Gasteiger partial charge in [0.25, 0.3) is 0 Å². The topological polar surface area (TPSA) is 150 Å². The smallest absolute Gasteiger partial charge is 0.411 e. The molecule has 0 bridgehead atoms. The van der Waals surface area contributed by atoms with Gasteiger partial charge in [-0.3, -0.25) is 10.0 Å². The first-order chi connectivity index (χ1) is 20.0. The zero-order valence-electron chi connectivity index (χ0n) is 26.2. The second-order valence-corrected chi connectivity index (χ2v) is 19.5. The van der Waals surface area contributed by atoms with Crippen LogP contribution in [-0.4, -0.2) is 63.3 Å². The van der Waals surface area contributed by atoms with E-state index in [2.05, 4.69) is 52.9 Å². The highest BCUT2D eigenvalue weighted by Crippen LogP contribution is 2.33. The number of rotatable bonds is 15. The van der Waals surface area contributed by atoms with Crippen LogP contribution in [0, 0.1) is 0 Å². The van der Waals surface area contributed by atoms with E-state index in [-0.39, 0.29) is 18.2 Å². The molecule has 3 N–H and O–H groups in total. The Morgan fingerprint density at radius 1 is 1.14 bits per heavy atom. The molecule has 0 aliphatic heterocycles. The lowest BCUT2D eigenvalue weighted by Crippen LogP contribution is -2.36. The summed E-state index contributed by atoms with van der Waals surface area (Å²) in [5, 5.41) is 5.40. The van der Waals surface area contributed by atoms with Gasteiger partial charge in [-0.25, -0.2) is 23.0 Å². The molecule has 0 unspecified atom stereocenters. The Bertz CT molecular complexity index is 1390. The van der Waals surface area contributed by atoms with Gasteiger partial charge in [0, 0.05) is 32.1 Å². The van der Waals surface area contributed by atoms with Gasteiger partial charge in [0.1, 0.15) is 18.2 Å². The van der Waals surface area contributed by atoms with E-state index in [1.165, 1.54) is 19.3 Å². The van der Waals surface area contributed by atoms with Gasteiger partial charge in [0.2, 0.25) is 10.0 Å². The number of sulfonamides is 1. The van der Waals surface area contributed by atoms with E-state index in [1.807, 2.05) is 0 Å². The van der Waals surface area contributed by atoms with Crippen LogP contribution in [0.15, 0.2) is 49.7 Å². The van der Waals surface area contributed by atoms with Crippen LogP contribution in [0.3, 0.4) is 0 Å². The highest BCUT2D eigenvalue weighted by atomic mass is 32.2. The first kappa shape index (κ1) is 35.6. The number of methoxy groups -OCH3 is 1. The highest BCUT2D eigenvalue weighted by molar-refractivity contribution is 7.92. The molecule has 0 radical (unpaired) electrons. The van der Waals surface area contributed by atoms with Crippen molar-refractivity contribution in [3.8, 4) is 11.3 Å². The molecule has 2 rings (SSSR count). The third-order valence-corrected chi connectivity index (χ3v) is 8.68. The largest absolute Gasteiger partial charge is 0.453 e. The van der Waals surface area contributed by atoms with Crippen molar-refractivity contribution in [3.63, 3.8) is 0 Å². The van der Waals surface area contributed by atoms with Crippen LogP contribution < -0.4 is 15.4 Å². The van der Waals surface area contributed by atoms with E-state index in [9.17, 15) is 18.0 Å². The van der Waals surface area contributed by atoms with E-state index in [4.69, 9.17) is 14.5 Å². The molecule has 14 heteroatoms. The number of hydrogen-bond acceptors (Lipinski definition) is 8. The maximum absolute atomic E-state index is 12.7. The summed E-state index contributed by atoms with van der Waals surface area (Å²) in [6.45, 7) is 20.1. The molecule has 2 amide bonds. The summed E-state index contributed by atoms with van der Waals surface area (Å²) >= 11 is 0. The Morgan fingerprint density at radius 2 is 1.84 bits per heavy atom. The first-order valence-electron chi connectivity index (χ1n) is 13.8. The predicted molar refractivity (Wildman–Crippen MR) is 172 cm³/mol. The molecule has 1 atom stereocenters. The number of imidazole rings is 1. The summed E-state index contributed by atoms with van der Waals surface area (Å²) in [5.41, 5.74) is 0.606. The fourth-order valence-electron chi connectivity index (χ4n) is 3.79. The van der Waals surface area contributed by atoms with Crippen LogP contribution in [0.25, 0.3) is 11.3 Å². The standard InChI is InChI=1S/C29H45N5O7SSi/c1-10-12-23(32-28(36)41-29(3,4)5)26-31-25(19-34(26)20-40-15-17-43(7,8)9)22-14-13-21(30-27(35)39-6)18-24(22)33-42(37,38)16-11-2/h10-11,13-14,18-19,23,33H,1-2,12,15-17,20H2,3-9H3,(H,30,35)(H,32,36)/t23-/m0/s1. The number of anilines is 2. The van der Waals surface area contributed by atoms with Crippen molar-refractivity contribution < 1.29 is 32.2 Å². The number of carbonyl (C=O) groups excluding carboxylic acids is 2. The molecule has 0 fully saturated rings. The predicted octanol–water partition coefficient (Wildman–Crippen LogP) is 6.11. The second-order valence-electron chi connectivity index (χ2n) is 12.1. The van der Waals surface area contributed by atoms with Crippen LogP contribution in [0.1, 0.15) is 39.1 Å². The minimum absolute atomic E-state index is 0.149. The molecule has 238 valence electrons. The molecular formula is C29H45N5O7SSi. The Labute approximate surface area is 256 Å². The number of nitrogens with one attached hydrogen (secondary N) is 3. The van der Waals surface area contributed by atoms with E-state index >= 15 is 0 Å². The van der Waals surface area contributed by atoms with Gasteiger partial charge in [0.15, 0.2) is 0 Å². The van der Waals surface area contributed by atoms with Crippen LogP contribution in [0.2, 0.25) is 25.7 Å². The van der Waals surface area contributed by atoms with Crippen LogP contribution in [0.4, 0.5) is 21.0 Å². The van der Waals surface area contributed by atoms with Gasteiger partial charge in [-0.2, -0.15) is 0 Å². The average Bonchev–Trinajstić information content (AvgIpc) is 3.28. The van der Waals surface area contributed by atoms with E-state index in [0.29, 0.717) is 35.8 Å². The minimum Gasteiger partial charge on any atom is -0.453 e. The molecule has 1 heterocycles. The summed E-state index contributed by atoms with van der Waals surface area (Å²) < 4.78 is 45.9. The Kier molecular flexibility index (Phi) is 12.6. The van der Waals surface area contributed by atoms with Crippen molar-refractivity contribution in [3.05, 3.63) is 55.5 Å². The van der Waals surface area contributed by atoms with Crippen molar-refractivity contribution in [1.29, 1.82) is 0 Å². The molecule has 0 saturated carbocycles. The number of carbonyl (C=O) groups is 2. The number of nitrogens with zero attached hydrogens (tertiary/aromatic N) is 2.